The second-order valence-electron chi connectivity index (χ2n) is 5.68. The van der Waals surface area contributed by atoms with E-state index in [-0.39, 0.29) is 5.82 Å². The van der Waals surface area contributed by atoms with E-state index in [0.29, 0.717) is 5.75 Å². The van der Waals surface area contributed by atoms with E-state index in [4.69, 9.17) is 0 Å². The predicted molar refractivity (Wildman–Crippen MR) is 104 cm³/mol. The van der Waals surface area contributed by atoms with Crippen LogP contribution >= 0.6 is 23.1 Å². The first-order chi connectivity index (χ1) is 12.2. The van der Waals surface area contributed by atoms with Gasteiger partial charge < -0.3 is 0 Å². The molecule has 2 aromatic heterocycles. The van der Waals surface area contributed by atoms with Crippen molar-refractivity contribution >= 4 is 33.3 Å². The Hall–Kier alpha value is -2.24. The highest BCUT2D eigenvalue weighted by atomic mass is 32.2. The molecule has 2 nitrogen and oxygen atoms in total. The van der Waals surface area contributed by atoms with Crippen molar-refractivity contribution in [1.82, 2.24) is 9.97 Å². The van der Waals surface area contributed by atoms with Crippen molar-refractivity contribution in [3.63, 3.8) is 0 Å². The number of hydrogen-bond acceptors (Lipinski definition) is 4. The van der Waals surface area contributed by atoms with Gasteiger partial charge in [0, 0.05) is 16.2 Å². The summed E-state index contributed by atoms with van der Waals surface area (Å²) in [5.41, 5.74) is 3.32. The van der Waals surface area contributed by atoms with E-state index in [1.54, 1.807) is 41.6 Å². The van der Waals surface area contributed by atoms with Gasteiger partial charge in [-0.15, -0.1) is 23.1 Å². The summed E-state index contributed by atoms with van der Waals surface area (Å²) in [7, 11) is 0. The quantitative estimate of drug-likeness (QED) is 0.322. The molecule has 2 aromatic carbocycles. The third-order valence-corrected chi connectivity index (χ3v) is 6.03. The van der Waals surface area contributed by atoms with Gasteiger partial charge in [0.1, 0.15) is 22.0 Å². The van der Waals surface area contributed by atoms with E-state index in [9.17, 15) is 4.39 Å². The van der Waals surface area contributed by atoms with Gasteiger partial charge in [-0.1, -0.05) is 42.5 Å². The van der Waals surface area contributed by atoms with Gasteiger partial charge >= 0.3 is 0 Å². The highest BCUT2D eigenvalue weighted by Crippen LogP contribution is 2.41. The molecule has 25 heavy (non-hydrogen) atoms. The Labute approximate surface area is 153 Å². The fourth-order valence-electron chi connectivity index (χ4n) is 2.86. The second kappa shape index (κ2) is 6.94. The van der Waals surface area contributed by atoms with E-state index < -0.39 is 0 Å². The number of fused-ring (bicyclic) bond motifs is 1. The zero-order valence-corrected chi connectivity index (χ0v) is 15.2. The van der Waals surface area contributed by atoms with Crippen molar-refractivity contribution in [2.75, 3.05) is 0 Å². The van der Waals surface area contributed by atoms with Crippen molar-refractivity contribution in [3.05, 3.63) is 77.2 Å². The highest BCUT2D eigenvalue weighted by molar-refractivity contribution is 7.98. The lowest BCUT2D eigenvalue weighted by atomic mass is 10.0. The first-order valence-corrected chi connectivity index (χ1v) is 9.69. The number of thiophene rings is 1. The van der Waals surface area contributed by atoms with Crippen LogP contribution in [0.2, 0.25) is 0 Å². The largest absolute Gasteiger partial charge is 0.229 e. The summed E-state index contributed by atoms with van der Waals surface area (Å²) in [6.07, 6.45) is 1.61. The van der Waals surface area contributed by atoms with E-state index in [2.05, 4.69) is 29.0 Å². The Morgan fingerprint density at radius 2 is 1.88 bits per heavy atom. The first-order valence-electron chi connectivity index (χ1n) is 7.89. The molecule has 0 unspecified atom stereocenters. The molecule has 4 aromatic rings. The summed E-state index contributed by atoms with van der Waals surface area (Å²) in [5, 5.41) is 2.04. The van der Waals surface area contributed by atoms with Crippen LogP contribution < -0.4 is 0 Å². The smallest absolute Gasteiger partial charge is 0.128 e. The van der Waals surface area contributed by atoms with Gasteiger partial charge in [-0.25, -0.2) is 14.4 Å². The lowest BCUT2D eigenvalue weighted by Crippen LogP contribution is -1.88. The van der Waals surface area contributed by atoms with Crippen LogP contribution in [0.25, 0.3) is 21.3 Å². The Balaban J connectivity index is 1.77. The van der Waals surface area contributed by atoms with Crippen LogP contribution in [0.15, 0.2) is 66.0 Å². The average molecular weight is 366 g/mol. The molecule has 0 aliphatic carbocycles. The van der Waals surface area contributed by atoms with Gasteiger partial charge in [0.25, 0.3) is 0 Å². The summed E-state index contributed by atoms with van der Waals surface area (Å²) in [4.78, 5) is 11.2. The predicted octanol–water partition coefficient (Wildman–Crippen LogP) is 6.10. The molecule has 0 atom stereocenters. The van der Waals surface area contributed by atoms with Crippen molar-refractivity contribution in [3.8, 4) is 11.1 Å². The zero-order chi connectivity index (χ0) is 17.2. The average Bonchev–Trinajstić information content (AvgIpc) is 2.97. The third kappa shape index (κ3) is 3.30. The standard InChI is InChI=1S/C20H15FN2S2/c1-13-17(15-7-3-2-4-8-15)18-19(22-12-23-20(18)25-13)24-11-14-6-5-9-16(21)10-14/h2-10,12H,11H2,1H3. The topological polar surface area (TPSA) is 25.8 Å². The molecule has 124 valence electrons. The van der Waals surface area contributed by atoms with E-state index in [1.165, 1.54) is 22.1 Å². The fraction of sp³-hybridized carbons (Fsp3) is 0.100. The molecule has 0 N–H and O–H groups in total. The monoisotopic (exact) mass is 366 g/mol. The molecule has 2 heterocycles. The Kier molecular flexibility index (Phi) is 4.51. The number of nitrogens with zero attached hydrogens (tertiary/aromatic N) is 2. The van der Waals surface area contributed by atoms with Crippen LogP contribution in [0.3, 0.4) is 0 Å². The van der Waals surface area contributed by atoms with Crippen molar-refractivity contribution in [1.29, 1.82) is 0 Å². The molecule has 5 heteroatoms. The number of rotatable bonds is 4. The van der Waals surface area contributed by atoms with Crippen LogP contribution in [0, 0.1) is 12.7 Å². The van der Waals surface area contributed by atoms with Crippen LogP contribution in [0.4, 0.5) is 4.39 Å². The van der Waals surface area contributed by atoms with E-state index in [1.807, 2.05) is 24.3 Å². The van der Waals surface area contributed by atoms with Gasteiger partial charge in [0.2, 0.25) is 0 Å². The molecule has 0 bridgehead atoms. The minimum Gasteiger partial charge on any atom is -0.229 e. The minimum absolute atomic E-state index is 0.206. The summed E-state index contributed by atoms with van der Waals surface area (Å²) in [6.45, 7) is 2.12. The molecule has 0 aliphatic heterocycles. The number of aromatic nitrogens is 2. The normalized spacial score (nSPS) is 11.1. The molecular weight excluding hydrogens is 351 g/mol. The van der Waals surface area contributed by atoms with Crippen molar-refractivity contribution < 1.29 is 4.39 Å². The van der Waals surface area contributed by atoms with Crippen LogP contribution in [0.1, 0.15) is 10.4 Å². The maximum Gasteiger partial charge on any atom is 0.128 e. The fourth-order valence-corrected chi connectivity index (χ4v) is 4.88. The number of benzene rings is 2. The maximum atomic E-state index is 13.4. The Morgan fingerprint density at radius 3 is 2.68 bits per heavy atom. The molecule has 0 saturated carbocycles. The SMILES string of the molecule is Cc1sc2ncnc(SCc3cccc(F)c3)c2c1-c1ccccc1. The summed E-state index contributed by atoms with van der Waals surface area (Å²) >= 11 is 3.31. The number of halogens is 1. The molecule has 4 rings (SSSR count). The van der Waals surface area contributed by atoms with Crippen LogP contribution in [-0.2, 0) is 5.75 Å². The molecule has 0 aliphatic rings. The van der Waals surface area contributed by atoms with E-state index in [0.717, 1.165) is 20.8 Å². The summed E-state index contributed by atoms with van der Waals surface area (Å²) < 4.78 is 13.4. The third-order valence-electron chi connectivity index (χ3n) is 3.96. The molecule has 0 fully saturated rings. The lowest BCUT2D eigenvalue weighted by Gasteiger charge is -2.06. The Morgan fingerprint density at radius 1 is 1.04 bits per heavy atom. The van der Waals surface area contributed by atoms with Gasteiger partial charge in [-0.2, -0.15) is 0 Å². The first kappa shape index (κ1) is 16.2. The number of thioether (sulfide) groups is 1. The highest BCUT2D eigenvalue weighted by Gasteiger charge is 2.16. The van der Waals surface area contributed by atoms with Gasteiger partial charge in [0.05, 0.1) is 5.39 Å². The lowest BCUT2D eigenvalue weighted by molar-refractivity contribution is 0.626. The van der Waals surface area contributed by atoms with Gasteiger partial charge in [-0.05, 0) is 30.2 Å². The van der Waals surface area contributed by atoms with E-state index >= 15 is 0 Å². The van der Waals surface area contributed by atoms with Crippen LogP contribution in [0.5, 0.6) is 0 Å². The maximum absolute atomic E-state index is 13.4. The molecule has 0 spiro atoms. The summed E-state index contributed by atoms with van der Waals surface area (Å²) in [5.74, 6) is 0.467. The van der Waals surface area contributed by atoms with Gasteiger partial charge in [-0.3, -0.25) is 0 Å². The molecule has 0 radical (unpaired) electrons. The summed E-state index contributed by atoms with van der Waals surface area (Å²) in [6, 6.07) is 17.0. The van der Waals surface area contributed by atoms with Crippen molar-refractivity contribution in [2.24, 2.45) is 0 Å². The second-order valence-corrected chi connectivity index (χ2v) is 7.84. The molecule has 0 amide bonds. The van der Waals surface area contributed by atoms with Gasteiger partial charge in [0.15, 0.2) is 0 Å². The van der Waals surface area contributed by atoms with Crippen LogP contribution in [-0.4, -0.2) is 9.97 Å². The number of hydrogen-bond donors (Lipinski definition) is 0. The molecule has 0 saturated heterocycles. The zero-order valence-electron chi connectivity index (χ0n) is 13.6. The Bertz CT molecular complexity index is 1030. The minimum atomic E-state index is -0.206. The molecular formula is C20H15FN2S2. The number of aryl methyl sites for hydroxylation is 1. The van der Waals surface area contributed by atoms with Crippen molar-refractivity contribution in [2.45, 2.75) is 17.7 Å².